The molecule has 0 bridgehead atoms. The van der Waals surface area contributed by atoms with Crippen LogP contribution in [0.5, 0.6) is 0 Å². The molecule has 0 amide bonds. The lowest BCUT2D eigenvalue weighted by Gasteiger charge is -2.14. The van der Waals surface area contributed by atoms with Crippen LogP contribution in [0.3, 0.4) is 0 Å². The van der Waals surface area contributed by atoms with Crippen molar-refractivity contribution in [1.29, 1.82) is 5.41 Å². The van der Waals surface area contributed by atoms with Crippen molar-refractivity contribution >= 4 is 54.8 Å². The van der Waals surface area contributed by atoms with Gasteiger partial charge in [-0.3, -0.25) is 5.41 Å². The number of amidine groups is 2. The number of benzene rings is 8. The lowest BCUT2D eigenvalue weighted by atomic mass is 9.89. The van der Waals surface area contributed by atoms with Gasteiger partial charge in [-0.1, -0.05) is 163 Å². The molecule has 0 aliphatic carbocycles. The molecule has 0 heterocycles. The number of hydrogen-bond acceptors (Lipinski definition) is 1. The van der Waals surface area contributed by atoms with E-state index in [0.29, 0.717) is 5.84 Å². The number of aliphatic imine (C=N–C) groups is 1. The third-order valence-corrected chi connectivity index (χ3v) is 8.46. The Kier molecular flexibility index (Phi) is 7.80. The van der Waals surface area contributed by atoms with E-state index in [2.05, 4.69) is 115 Å². The molecule has 0 unspecified atom stereocenters. The fourth-order valence-electron chi connectivity index (χ4n) is 6.10. The molecule has 220 valence electrons. The molecular weight excluding hydrogens is 558 g/mol. The maximum atomic E-state index is 7.84. The van der Waals surface area contributed by atoms with Gasteiger partial charge >= 0.3 is 0 Å². The number of hydrogen-bond donors (Lipinski definition) is 2. The highest BCUT2D eigenvalue weighted by Crippen LogP contribution is 2.40. The Bertz CT molecular complexity index is 2370. The minimum absolute atomic E-state index is 0.173. The van der Waals surface area contributed by atoms with Crippen LogP contribution in [0.1, 0.15) is 16.7 Å². The Hall–Kier alpha value is -6.06. The summed E-state index contributed by atoms with van der Waals surface area (Å²) in [5.41, 5.74) is 11.2. The van der Waals surface area contributed by atoms with Crippen LogP contribution in [0.25, 0.3) is 54.2 Å². The molecule has 3 nitrogen and oxygen atoms in total. The first-order valence-corrected chi connectivity index (χ1v) is 15.4. The highest BCUT2D eigenvalue weighted by atomic mass is 14.9. The topological polar surface area (TPSA) is 62.2 Å². The molecule has 0 aliphatic heterocycles. The van der Waals surface area contributed by atoms with Crippen molar-refractivity contribution in [3.63, 3.8) is 0 Å². The summed E-state index contributed by atoms with van der Waals surface area (Å²) in [7, 11) is 0. The highest BCUT2D eigenvalue weighted by Gasteiger charge is 2.12. The van der Waals surface area contributed by atoms with Crippen LogP contribution < -0.4 is 5.73 Å². The van der Waals surface area contributed by atoms with Gasteiger partial charge in [0, 0.05) is 11.1 Å². The second-order valence-electron chi connectivity index (χ2n) is 11.5. The van der Waals surface area contributed by atoms with Gasteiger partial charge in [-0.05, 0) is 67.2 Å². The molecule has 8 rings (SSSR count). The summed E-state index contributed by atoms with van der Waals surface area (Å²) >= 11 is 0. The fourth-order valence-corrected chi connectivity index (χ4v) is 6.10. The van der Waals surface area contributed by atoms with Gasteiger partial charge in [-0.2, -0.15) is 0 Å². The summed E-state index contributed by atoms with van der Waals surface area (Å²) in [6.45, 7) is 2.13. The van der Waals surface area contributed by atoms with Crippen LogP contribution in [0.15, 0.2) is 169 Å². The van der Waals surface area contributed by atoms with Gasteiger partial charge in [0.1, 0.15) is 5.84 Å². The van der Waals surface area contributed by atoms with E-state index in [1.165, 1.54) is 59.8 Å². The number of fused-ring (bicyclic) bond motifs is 8. The predicted octanol–water partition coefficient (Wildman–Crippen LogP) is 10.7. The Balaban J connectivity index is 0.000000170. The summed E-state index contributed by atoms with van der Waals surface area (Å²) in [6, 6.07) is 56.6. The van der Waals surface area contributed by atoms with Gasteiger partial charge < -0.3 is 5.73 Å². The Morgan fingerprint density at radius 2 is 1.00 bits per heavy atom. The minimum Gasteiger partial charge on any atom is -0.383 e. The van der Waals surface area contributed by atoms with E-state index < -0.39 is 0 Å². The van der Waals surface area contributed by atoms with E-state index in [-0.39, 0.29) is 5.84 Å². The van der Waals surface area contributed by atoms with Crippen molar-refractivity contribution in [2.45, 2.75) is 6.92 Å². The Morgan fingerprint density at radius 3 is 1.70 bits per heavy atom. The van der Waals surface area contributed by atoms with Gasteiger partial charge in [-0.25, -0.2) is 4.99 Å². The quantitative estimate of drug-likeness (QED) is 0.120. The molecule has 8 aromatic rings. The molecule has 0 atom stereocenters. The van der Waals surface area contributed by atoms with Gasteiger partial charge in [0.25, 0.3) is 0 Å². The van der Waals surface area contributed by atoms with E-state index in [1.54, 1.807) is 0 Å². The van der Waals surface area contributed by atoms with E-state index in [0.717, 1.165) is 11.1 Å². The van der Waals surface area contributed by atoms with Crippen LogP contribution in [-0.4, -0.2) is 11.7 Å². The van der Waals surface area contributed by atoms with Gasteiger partial charge in [-0.15, -0.1) is 0 Å². The van der Waals surface area contributed by atoms with Crippen molar-refractivity contribution in [2.75, 3.05) is 0 Å². The normalized spacial score (nSPS) is 11.5. The Labute approximate surface area is 268 Å². The maximum absolute atomic E-state index is 7.84. The van der Waals surface area contributed by atoms with Gasteiger partial charge in [0.15, 0.2) is 5.84 Å². The van der Waals surface area contributed by atoms with Crippen LogP contribution >= 0.6 is 0 Å². The van der Waals surface area contributed by atoms with Gasteiger partial charge in [0.2, 0.25) is 0 Å². The molecule has 0 fully saturated rings. The molecule has 0 aliphatic rings. The SMILES string of the molecule is Cc1ccc(-c2ccc3c(c2)c2ccccc2c2ccc4ccccc4c23)cc1.N=C(N=C(N)c1ccccc1)c1ccccc1. The largest absolute Gasteiger partial charge is 0.383 e. The maximum Gasteiger partial charge on any atom is 0.154 e. The van der Waals surface area contributed by atoms with Crippen LogP contribution in [0, 0.1) is 12.3 Å². The predicted molar refractivity (Wildman–Crippen MR) is 197 cm³/mol. The monoisotopic (exact) mass is 591 g/mol. The first-order chi connectivity index (χ1) is 22.6. The second kappa shape index (κ2) is 12.5. The van der Waals surface area contributed by atoms with Crippen LogP contribution in [-0.2, 0) is 0 Å². The summed E-state index contributed by atoms with van der Waals surface area (Å²) in [4.78, 5) is 4.10. The first-order valence-electron chi connectivity index (χ1n) is 15.4. The molecule has 3 heteroatoms. The van der Waals surface area contributed by atoms with Crippen molar-refractivity contribution < 1.29 is 0 Å². The molecular formula is C43H33N3. The molecule has 46 heavy (non-hydrogen) atoms. The van der Waals surface area contributed by atoms with Crippen molar-refractivity contribution in [1.82, 2.24) is 0 Å². The minimum atomic E-state index is 0.173. The van der Waals surface area contributed by atoms with E-state index in [4.69, 9.17) is 11.1 Å². The Morgan fingerprint density at radius 1 is 0.478 bits per heavy atom. The fraction of sp³-hybridized carbons (Fsp3) is 0.0233. The number of aryl methyl sites for hydroxylation is 1. The van der Waals surface area contributed by atoms with Crippen molar-refractivity contribution in [3.05, 3.63) is 180 Å². The van der Waals surface area contributed by atoms with E-state index in [9.17, 15) is 0 Å². The zero-order chi connectivity index (χ0) is 31.5. The smallest absolute Gasteiger partial charge is 0.154 e. The average molecular weight is 592 g/mol. The van der Waals surface area contributed by atoms with Gasteiger partial charge in [0.05, 0.1) is 0 Å². The standard InChI is InChI=1S/C29H20.C14H13N3/c1-19-10-12-20(13-11-19)22-15-17-27-28(18-22)25-9-5-4-8-24(25)26-16-14-21-6-2-3-7-23(21)29(26)27;15-13(11-7-3-1-4-8-11)17-14(16)12-9-5-2-6-10-12/h2-18H,1H3;1-10H,(H3,15,16,17). The average Bonchev–Trinajstić information content (AvgIpc) is 3.12. The molecule has 0 saturated heterocycles. The summed E-state index contributed by atoms with van der Waals surface area (Å²) in [5.74, 6) is 0.534. The molecule has 0 aromatic heterocycles. The highest BCUT2D eigenvalue weighted by molar-refractivity contribution is 6.31. The summed E-state index contributed by atoms with van der Waals surface area (Å²) in [5, 5.41) is 18.4. The van der Waals surface area contributed by atoms with E-state index in [1.807, 2.05) is 60.7 Å². The third kappa shape index (κ3) is 5.62. The molecule has 3 N–H and O–H groups in total. The third-order valence-electron chi connectivity index (χ3n) is 8.46. The van der Waals surface area contributed by atoms with Crippen LogP contribution in [0.2, 0.25) is 0 Å². The zero-order valence-corrected chi connectivity index (χ0v) is 25.6. The molecule has 8 aromatic carbocycles. The van der Waals surface area contributed by atoms with Crippen molar-refractivity contribution in [2.24, 2.45) is 10.7 Å². The molecule has 0 spiro atoms. The molecule has 0 saturated carbocycles. The lowest BCUT2D eigenvalue weighted by Crippen LogP contribution is -2.15. The number of nitrogens with two attached hydrogens (primary N) is 1. The zero-order valence-electron chi connectivity index (χ0n) is 25.6. The second-order valence-corrected chi connectivity index (χ2v) is 11.5. The number of rotatable bonds is 3. The number of nitrogens with one attached hydrogen (secondary N) is 1. The number of nitrogens with zero attached hydrogens (tertiary/aromatic N) is 1. The lowest BCUT2D eigenvalue weighted by molar-refractivity contribution is 1.40. The first kappa shape index (κ1) is 28.7. The molecule has 0 radical (unpaired) electrons. The summed E-state index contributed by atoms with van der Waals surface area (Å²) < 4.78 is 0. The summed E-state index contributed by atoms with van der Waals surface area (Å²) in [6.07, 6.45) is 0. The van der Waals surface area contributed by atoms with Crippen molar-refractivity contribution in [3.8, 4) is 11.1 Å². The van der Waals surface area contributed by atoms with E-state index >= 15 is 0 Å². The van der Waals surface area contributed by atoms with Crippen LogP contribution in [0.4, 0.5) is 0 Å².